The van der Waals surface area contributed by atoms with E-state index < -0.39 is 0 Å². The van der Waals surface area contributed by atoms with E-state index in [1.54, 1.807) is 18.5 Å². The highest BCUT2D eigenvalue weighted by Crippen LogP contribution is 2.13. The number of nitrogens with one attached hydrogen (secondary N) is 1. The molecule has 0 aliphatic heterocycles. The maximum absolute atomic E-state index is 11.8. The maximum Gasteiger partial charge on any atom is 0.224 e. The number of hydrogen-bond acceptors (Lipinski definition) is 3. The molecule has 0 aliphatic rings. The number of carbonyl (C=O) groups is 1. The molecule has 104 valence electrons. The summed E-state index contributed by atoms with van der Waals surface area (Å²) in [6.45, 7) is 0. The van der Waals surface area contributed by atoms with Crippen LogP contribution in [0, 0.1) is 0 Å². The maximum atomic E-state index is 11.8. The molecule has 1 aromatic heterocycles. The summed E-state index contributed by atoms with van der Waals surface area (Å²) in [5.41, 5.74) is 3.06. The molecule has 1 aromatic carbocycles. The van der Waals surface area contributed by atoms with Gasteiger partial charge in [-0.05, 0) is 36.2 Å². The molecule has 2 rings (SSSR count). The number of anilines is 2. The highest BCUT2D eigenvalue weighted by atomic mass is 16.1. The lowest BCUT2D eigenvalue weighted by Crippen LogP contribution is -2.12. The van der Waals surface area contributed by atoms with E-state index in [0.717, 1.165) is 23.4 Å². The zero-order valence-electron chi connectivity index (χ0n) is 11.8. The largest absolute Gasteiger partial charge is 0.378 e. The summed E-state index contributed by atoms with van der Waals surface area (Å²) >= 11 is 0. The Balaban J connectivity index is 1.84. The molecule has 0 saturated heterocycles. The SMILES string of the molecule is CN(C)c1ccc(CCC(=O)Nc2cccnc2)cc1. The van der Waals surface area contributed by atoms with Crippen LogP contribution in [0.2, 0.25) is 0 Å². The fourth-order valence-corrected chi connectivity index (χ4v) is 1.88. The van der Waals surface area contributed by atoms with Gasteiger partial charge in [0.1, 0.15) is 0 Å². The number of hydrogen-bond donors (Lipinski definition) is 1. The Kier molecular flexibility index (Phi) is 4.71. The molecule has 0 spiro atoms. The Morgan fingerprint density at radius 3 is 2.55 bits per heavy atom. The number of carbonyl (C=O) groups excluding carboxylic acids is 1. The van der Waals surface area contributed by atoms with Crippen molar-refractivity contribution in [3.8, 4) is 0 Å². The van der Waals surface area contributed by atoms with Gasteiger partial charge in [-0.1, -0.05) is 12.1 Å². The van der Waals surface area contributed by atoms with Gasteiger partial charge in [0.25, 0.3) is 0 Å². The summed E-state index contributed by atoms with van der Waals surface area (Å²) < 4.78 is 0. The van der Waals surface area contributed by atoms with Gasteiger partial charge in [-0.15, -0.1) is 0 Å². The van der Waals surface area contributed by atoms with Gasteiger partial charge in [-0.3, -0.25) is 9.78 Å². The van der Waals surface area contributed by atoms with E-state index in [4.69, 9.17) is 0 Å². The average Bonchev–Trinajstić information content (AvgIpc) is 2.46. The highest BCUT2D eigenvalue weighted by molar-refractivity contribution is 5.90. The molecule has 0 bridgehead atoms. The normalized spacial score (nSPS) is 10.1. The van der Waals surface area contributed by atoms with Crippen molar-refractivity contribution >= 4 is 17.3 Å². The molecule has 1 heterocycles. The summed E-state index contributed by atoms with van der Waals surface area (Å²) in [7, 11) is 4.02. The predicted molar refractivity (Wildman–Crippen MR) is 82.0 cm³/mol. The van der Waals surface area contributed by atoms with Gasteiger partial charge in [0, 0.05) is 32.4 Å². The van der Waals surface area contributed by atoms with Crippen LogP contribution in [0.4, 0.5) is 11.4 Å². The molecule has 0 radical (unpaired) electrons. The van der Waals surface area contributed by atoms with Crippen molar-refractivity contribution in [3.05, 3.63) is 54.4 Å². The smallest absolute Gasteiger partial charge is 0.224 e. The van der Waals surface area contributed by atoms with E-state index in [0.29, 0.717) is 6.42 Å². The molecule has 0 unspecified atom stereocenters. The Labute approximate surface area is 119 Å². The third-order valence-electron chi connectivity index (χ3n) is 3.04. The molecule has 1 amide bonds. The molecule has 0 aliphatic carbocycles. The van der Waals surface area contributed by atoms with Gasteiger partial charge in [-0.2, -0.15) is 0 Å². The van der Waals surface area contributed by atoms with Crippen LogP contribution >= 0.6 is 0 Å². The highest BCUT2D eigenvalue weighted by Gasteiger charge is 2.03. The molecular formula is C16H19N3O. The van der Waals surface area contributed by atoms with Crippen molar-refractivity contribution in [3.63, 3.8) is 0 Å². The van der Waals surface area contributed by atoms with Crippen molar-refractivity contribution < 1.29 is 4.79 Å². The Morgan fingerprint density at radius 2 is 1.95 bits per heavy atom. The second kappa shape index (κ2) is 6.70. The first-order valence-electron chi connectivity index (χ1n) is 6.61. The summed E-state index contributed by atoms with van der Waals surface area (Å²) in [4.78, 5) is 17.8. The third-order valence-corrected chi connectivity index (χ3v) is 3.04. The van der Waals surface area contributed by atoms with Crippen LogP contribution in [-0.4, -0.2) is 25.0 Å². The number of benzene rings is 1. The number of aryl methyl sites for hydroxylation is 1. The van der Waals surface area contributed by atoms with E-state index >= 15 is 0 Å². The molecular weight excluding hydrogens is 250 g/mol. The number of amides is 1. The van der Waals surface area contributed by atoms with Crippen molar-refractivity contribution in [2.75, 3.05) is 24.3 Å². The van der Waals surface area contributed by atoms with E-state index in [1.807, 2.05) is 20.2 Å². The molecule has 0 atom stereocenters. The Bertz CT molecular complexity index is 550. The summed E-state index contributed by atoms with van der Waals surface area (Å²) in [5.74, 6) is 0.00897. The lowest BCUT2D eigenvalue weighted by atomic mass is 10.1. The predicted octanol–water partition coefficient (Wildman–Crippen LogP) is 2.72. The van der Waals surface area contributed by atoms with Crippen molar-refractivity contribution in [2.24, 2.45) is 0 Å². The van der Waals surface area contributed by atoms with Gasteiger partial charge < -0.3 is 10.2 Å². The first kappa shape index (κ1) is 14.1. The van der Waals surface area contributed by atoms with Crippen molar-refractivity contribution in [1.29, 1.82) is 0 Å². The molecule has 4 heteroatoms. The molecule has 4 nitrogen and oxygen atoms in total. The molecule has 0 saturated carbocycles. The number of nitrogens with zero attached hydrogens (tertiary/aromatic N) is 2. The lowest BCUT2D eigenvalue weighted by molar-refractivity contribution is -0.116. The van der Waals surface area contributed by atoms with Crippen LogP contribution in [0.3, 0.4) is 0 Å². The minimum absolute atomic E-state index is 0.00897. The third kappa shape index (κ3) is 4.09. The minimum Gasteiger partial charge on any atom is -0.378 e. The number of pyridine rings is 1. The van der Waals surface area contributed by atoms with E-state index in [1.165, 1.54) is 0 Å². The van der Waals surface area contributed by atoms with Crippen LogP contribution in [-0.2, 0) is 11.2 Å². The first-order valence-corrected chi connectivity index (χ1v) is 6.61. The average molecular weight is 269 g/mol. The van der Waals surface area contributed by atoms with Gasteiger partial charge >= 0.3 is 0 Å². The fraction of sp³-hybridized carbons (Fsp3) is 0.250. The summed E-state index contributed by atoms with van der Waals surface area (Å²) in [6, 6.07) is 11.9. The first-order chi connectivity index (χ1) is 9.65. The molecule has 0 fully saturated rings. The fourth-order valence-electron chi connectivity index (χ4n) is 1.88. The van der Waals surface area contributed by atoms with Crippen LogP contribution in [0.5, 0.6) is 0 Å². The van der Waals surface area contributed by atoms with Crippen LogP contribution in [0.15, 0.2) is 48.8 Å². The summed E-state index contributed by atoms with van der Waals surface area (Å²) in [5, 5.41) is 2.83. The van der Waals surface area contributed by atoms with Crippen LogP contribution in [0.25, 0.3) is 0 Å². The second-order valence-electron chi connectivity index (χ2n) is 4.85. The van der Waals surface area contributed by atoms with Gasteiger partial charge in [0.05, 0.1) is 11.9 Å². The number of aromatic nitrogens is 1. The monoisotopic (exact) mass is 269 g/mol. The Morgan fingerprint density at radius 1 is 1.20 bits per heavy atom. The molecule has 1 N–H and O–H groups in total. The van der Waals surface area contributed by atoms with E-state index in [9.17, 15) is 4.79 Å². The Hall–Kier alpha value is -2.36. The van der Waals surface area contributed by atoms with Gasteiger partial charge in [0.15, 0.2) is 0 Å². The van der Waals surface area contributed by atoms with Crippen LogP contribution < -0.4 is 10.2 Å². The molecule has 2 aromatic rings. The van der Waals surface area contributed by atoms with E-state index in [-0.39, 0.29) is 5.91 Å². The van der Waals surface area contributed by atoms with Gasteiger partial charge in [-0.25, -0.2) is 0 Å². The van der Waals surface area contributed by atoms with Crippen LogP contribution in [0.1, 0.15) is 12.0 Å². The van der Waals surface area contributed by atoms with E-state index in [2.05, 4.69) is 39.5 Å². The number of rotatable bonds is 5. The van der Waals surface area contributed by atoms with Crippen molar-refractivity contribution in [2.45, 2.75) is 12.8 Å². The standard InChI is InChI=1S/C16H19N3O/c1-19(2)15-8-5-13(6-9-15)7-10-16(20)18-14-4-3-11-17-12-14/h3-6,8-9,11-12H,7,10H2,1-2H3,(H,18,20). The topological polar surface area (TPSA) is 45.2 Å². The quantitative estimate of drug-likeness (QED) is 0.907. The summed E-state index contributed by atoms with van der Waals surface area (Å²) in [6.07, 6.45) is 4.53. The minimum atomic E-state index is 0.00897. The zero-order valence-corrected chi connectivity index (χ0v) is 11.8. The van der Waals surface area contributed by atoms with Crippen molar-refractivity contribution in [1.82, 2.24) is 4.98 Å². The molecule has 20 heavy (non-hydrogen) atoms. The second-order valence-corrected chi connectivity index (χ2v) is 4.85. The lowest BCUT2D eigenvalue weighted by Gasteiger charge is -2.12. The zero-order chi connectivity index (χ0) is 14.4. The van der Waals surface area contributed by atoms with Gasteiger partial charge in [0.2, 0.25) is 5.91 Å².